The van der Waals surface area contributed by atoms with Crippen LogP contribution in [0.1, 0.15) is 51.6 Å². The van der Waals surface area contributed by atoms with Gasteiger partial charge in [0.05, 0.1) is 12.2 Å². The van der Waals surface area contributed by atoms with Gasteiger partial charge in [-0.25, -0.2) is 4.99 Å². The molecular weight excluding hydrogens is 429 g/mol. The Labute approximate surface area is 170 Å². The van der Waals surface area contributed by atoms with Gasteiger partial charge in [0.25, 0.3) is 0 Å². The van der Waals surface area contributed by atoms with E-state index in [9.17, 15) is 0 Å². The van der Waals surface area contributed by atoms with E-state index in [-0.39, 0.29) is 29.4 Å². The number of guanidine groups is 1. The molecular formula is C18H36IN5O. The first-order valence-electron chi connectivity index (χ1n) is 8.96. The lowest BCUT2D eigenvalue weighted by Gasteiger charge is -2.29. The fourth-order valence-electron chi connectivity index (χ4n) is 2.85. The maximum atomic E-state index is 5.42. The molecule has 0 amide bonds. The van der Waals surface area contributed by atoms with Crippen molar-refractivity contribution in [2.45, 2.75) is 54.0 Å². The average Bonchev–Trinajstić information content (AvgIpc) is 2.90. The molecule has 1 heterocycles. The van der Waals surface area contributed by atoms with Crippen molar-refractivity contribution < 1.29 is 4.52 Å². The summed E-state index contributed by atoms with van der Waals surface area (Å²) in [6.45, 7) is 14.1. The highest BCUT2D eigenvalue weighted by molar-refractivity contribution is 14.0. The number of aliphatic imine (C=N–C) groups is 1. The number of nitrogens with zero attached hydrogens (tertiary/aromatic N) is 3. The van der Waals surface area contributed by atoms with Gasteiger partial charge in [0.2, 0.25) is 0 Å². The molecule has 0 aliphatic rings. The van der Waals surface area contributed by atoms with Gasteiger partial charge < -0.3 is 20.1 Å². The zero-order chi connectivity index (χ0) is 18.2. The highest BCUT2D eigenvalue weighted by atomic mass is 127. The highest BCUT2D eigenvalue weighted by Gasteiger charge is 2.19. The lowest BCUT2D eigenvalue weighted by molar-refractivity contribution is 0.241. The molecule has 146 valence electrons. The van der Waals surface area contributed by atoms with Crippen LogP contribution in [0.5, 0.6) is 0 Å². The molecule has 0 saturated carbocycles. The predicted octanol–water partition coefficient (Wildman–Crippen LogP) is 3.06. The molecule has 7 heteroatoms. The minimum Gasteiger partial charge on any atom is -0.361 e. The molecule has 0 aliphatic heterocycles. The molecule has 0 unspecified atom stereocenters. The van der Waals surface area contributed by atoms with Gasteiger partial charge in [0.15, 0.2) is 5.96 Å². The van der Waals surface area contributed by atoms with E-state index in [1.54, 1.807) is 0 Å². The summed E-state index contributed by atoms with van der Waals surface area (Å²) in [5, 5.41) is 10.9. The molecule has 0 aromatic carbocycles. The predicted molar refractivity (Wildman–Crippen MR) is 116 cm³/mol. The van der Waals surface area contributed by atoms with Crippen molar-refractivity contribution in [3.8, 4) is 0 Å². The van der Waals surface area contributed by atoms with E-state index in [1.807, 2.05) is 0 Å². The second kappa shape index (κ2) is 11.7. The fourth-order valence-corrected chi connectivity index (χ4v) is 2.85. The maximum absolute atomic E-state index is 5.42. The summed E-state index contributed by atoms with van der Waals surface area (Å²) in [7, 11) is 4.21. The zero-order valence-corrected chi connectivity index (χ0v) is 19.2. The van der Waals surface area contributed by atoms with Crippen molar-refractivity contribution in [1.82, 2.24) is 20.7 Å². The van der Waals surface area contributed by atoms with Crippen molar-refractivity contribution in [3.63, 3.8) is 0 Å². The zero-order valence-electron chi connectivity index (χ0n) is 16.9. The van der Waals surface area contributed by atoms with E-state index in [4.69, 9.17) is 9.52 Å². The van der Waals surface area contributed by atoms with Gasteiger partial charge in [0.1, 0.15) is 5.76 Å². The van der Waals surface area contributed by atoms with E-state index in [0.29, 0.717) is 6.54 Å². The summed E-state index contributed by atoms with van der Waals surface area (Å²) in [5.41, 5.74) is 2.31. The molecule has 6 nitrogen and oxygen atoms in total. The first kappa shape index (κ1) is 24.2. The Hall–Kier alpha value is -0.830. The van der Waals surface area contributed by atoms with Crippen LogP contribution in [0.4, 0.5) is 0 Å². The summed E-state index contributed by atoms with van der Waals surface area (Å²) in [4.78, 5) is 6.95. The Balaban J connectivity index is 0.00000576. The second-order valence-corrected chi connectivity index (χ2v) is 7.19. The van der Waals surface area contributed by atoms with Crippen LogP contribution in [0, 0.1) is 5.41 Å². The van der Waals surface area contributed by atoms with Crippen molar-refractivity contribution in [1.29, 1.82) is 0 Å². The topological polar surface area (TPSA) is 65.7 Å². The molecule has 25 heavy (non-hydrogen) atoms. The molecule has 1 aromatic rings. The maximum Gasteiger partial charge on any atom is 0.191 e. The third kappa shape index (κ3) is 8.40. The number of nitrogens with one attached hydrogen (secondary N) is 2. The van der Waals surface area contributed by atoms with Crippen LogP contribution >= 0.6 is 24.0 Å². The Bertz CT molecular complexity index is 504. The smallest absolute Gasteiger partial charge is 0.191 e. The number of hydrogen-bond acceptors (Lipinski definition) is 4. The second-order valence-electron chi connectivity index (χ2n) is 7.19. The van der Waals surface area contributed by atoms with Gasteiger partial charge in [0, 0.05) is 31.6 Å². The number of halogens is 1. The van der Waals surface area contributed by atoms with E-state index in [2.05, 4.69) is 69.4 Å². The molecule has 0 radical (unpaired) electrons. The number of aryl methyl sites for hydroxylation is 2. The van der Waals surface area contributed by atoms with Crippen molar-refractivity contribution in [2.24, 2.45) is 10.4 Å². The van der Waals surface area contributed by atoms with Crippen molar-refractivity contribution >= 4 is 29.9 Å². The summed E-state index contributed by atoms with van der Waals surface area (Å²) >= 11 is 0. The Morgan fingerprint density at radius 2 is 1.84 bits per heavy atom. The van der Waals surface area contributed by atoms with Crippen LogP contribution in [-0.2, 0) is 19.4 Å². The minimum atomic E-state index is 0. The van der Waals surface area contributed by atoms with Gasteiger partial charge in [-0.2, -0.15) is 0 Å². The van der Waals surface area contributed by atoms with Gasteiger partial charge >= 0.3 is 0 Å². The van der Waals surface area contributed by atoms with Crippen molar-refractivity contribution in [2.75, 3.05) is 33.7 Å². The minimum absolute atomic E-state index is 0. The van der Waals surface area contributed by atoms with Crippen LogP contribution in [-0.4, -0.2) is 49.7 Å². The van der Waals surface area contributed by atoms with E-state index in [1.165, 1.54) is 0 Å². The van der Waals surface area contributed by atoms with E-state index < -0.39 is 0 Å². The lowest BCUT2D eigenvalue weighted by atomic mass is 9.93. The third-order valence-corrected chi connectivity index (χ3v) is 3.83. The van der Waals surface area contributed by atoms with Gasteiger partial charge in [-0.1, -0.05) is 32.9 Å². The van der Waals surface area contributed by atoms with Gasteiger partial charge in [-0.15, -0.1) is 24.0 Å². The first-order valence-corrected chi connectivity index (χ1v) is 8.96. The lowest BCUT2D eigenvalue weighted by Crippen LogP contribution is -2.44. The van der Waals surface area contributed by atoms with Crippen LogP contribution in [0.3, 0.4) is 0 Å². The molecule has 0 bridgehead atoms. The summed E-state index contributed by atoms with van der Waals surface area (Å²) in [5.74, 6) is 1.79. The average molecular weight is 465 g/mol. The Morgan fingerprint density at radius 3 is 2.36 bits per heavy atom. The van der Waals surface area contributed by atoms with Crippen LogP contribution < -0.4 is 10.6 Å². The number of aromatic nitrogens is 1. The number of rotatable bonds is 9. The van der Waals surface area contributed by atoms with Crippen LogP contribution in [0.25, 0.3) is 0 Å². The van der Waals surface area contributed by atoms with E-state index >= 15 is 0 Å². The molecule has 1 rings (SSSR count). The summed E-state index contributed by atoms with van der Waals surface area (Å²) in [6, 6.07) is 0. The molecule has 0 saturated heterocycles. The highest BCUT2D eigenvalue weighted by Crippen LogP contribution is 2.17. The SMILES string of the molecule is CCNC(=NCc1c(CC)noc1CC)NCC(C)(C)CN(C)C.I. The summed E-state index contributed by atoms with van der Waals surface area (Å²) in [6.07, 6.45) is 1.71. The normalized spacial score (nSPS) is 12.2. The van der Waals surface area contributed by atoms with Gasteiger partial charge in [-0.05, 0) is 32.9 Å². The number of hydrogen-bond donors (Lipinski definition) is 2. The van der Waals surface area contributed by atoms with Crippen molar-refractivity contribution in [3.05, 3.63) is 17.0 Å². The molecule has 0 spiro atoms. The Morgan fingerprint density at radius 1 is 1.16 bits per heavy atom. The molecule has 0 aliphatic carbocycles. The Kier molecular flexibility index (Phi) is 11.3. The van der Waals surface area contributed by atoms with E-state index in [0.717, 1.165) is 55.5 Å². The molecule has 2 N–H and O–H groups in total. The van der Waals surface area contributed by atoms with Crippen LogP contribution in [0.2, 0.25) is 0 Å². The fraction of sp³-hybridized carbons (Fsp3) is 0.778. The molecule has 0 fully saturated rings. The molecule has 1 aromatic heterocycles. The largest absolute Gasteiger partial charge is 0.361 e. The third-order valence-electron chi connectivity index (χ3n) is 3.83. The summed E-state index contributed by atoms with van der Waals surface area (Å²) < 4.78 is 5.42. The van der Waals surface area contributed by atoms with Gasteiger partial charge in [-0.3, -0.25) is 0 Å². The quantitative estimate of drug-likeness (QED) is 0.334. The molecule has 0 atom stereocenters. The van der Waals surface area contributed by atoms with Crippen LogP contribution in [0.15, 0.2) is 9.52 Å². The standard InChI is InChI=1S/C18H35N5O.HI/c1-8-15-14(16(9-2)24-22-15)11-20-17(19-10-3)21-12-18(4,5)13-23(6)7;/h8-13H2,1-7H3,(H2,19,20,21);1H. The first-order chi connectivity index (χ1) is 11.3. The monoisotopic (exact) mass is 465 g/mol.